The van der Waals surface area contributed by atoms with Crippen molar-refractivity contribution in [3.8, 4) is 0 Å². The first-order valence-corrected chi connectivity index (χ1v) is 6.72. The molecule has 1 N–H and O–H groups in total. The maximum absolute atomic E-state index is 10.9. The van der Waals surface area contributed by atoms with E-state index in [1.807, 2.05) is 23.0 Å². The van der Waals surface area contributed by atoms with Gasteiger partial charge < -0.3 is 5.11 Å². The van der Waals surface area contributed by atoms with Crippen LogP contribution < -0.4 is 0 Å². The van der Waals surface area contributed by atoms with Crippen LogP contribution in [-0.4, -0.2) is 25.8 Å². The summed E-state index contributed by atoms with van der Waals surface area (Å²) in [5, 5.41) is 13.9. The van der Waals surface area contributed by atoms with E-state index < -0.39 is 5.97 Å². The molecule has 2 heterocycles. The number of thiazole rings is 1. The van der Waals surface area contributed by atoms with E-state index in [0.717, 1.165) is 5.56 Å². The lowest BCUT2D eigenvalue weighted by atomic mass is 10.3. The van der Waals surface area contributed by atoms with E-state index in [1.165, 1.54) is 11.3 Å². The minimum absolute atomic E-state index is 0.127. The van der Waals surface area contributed by atoms with Gasteiger partial charge in [0.25, 0.3) is 0 Å². The van der Waals surface area contributed by atoms with Crippen molar-refractivity contribution in [1.82, 2.24) is 14.8 Å². The van der Waals surface area contributed by atoms with Crippen LogP contribution in [0.15, 0.2) is 12.4 Å². The smallest absolute Gasteiger partial charge is 0.355 e. The highest BCUT2D eigenvalue weighted by Crippen LogP contribution is 2.19. The van der Waals surface area contributed by atoms with Crippen molar-refractivity contribution >= 4 is 29.5 Å². The Labute approximate surface area is 115 Å². The Kier molecular flexibility index (Phi) is 3.80. The van der Waals surface area contributed by atoms with Crippen molar-refractivity contribution in [3.05, 3.63) is 33.5 Å². The molecule has 0 fully saturated rings. The van der Waals surface area contributed by atoms with Crippen molar-refractivity contribution < 1.29 is 9.90 Å². The lowest BCUT2D eigenvalue weighted by molar-refractivity contribution is 0.0690. The van der Waals surface area contributed by atoms with Crippen molar-refractivity contribution in [1.29, 1.82) is 0 Å². The summed E-state index contributed by atoms with van der Waals surface area (Å²) in [6.07, 6.45) is 7.41. The van der Waals surface area contributed by atoms with Gasteiger partial charge in [-0.1, -0.05) is 0 Å². The van der Waals surface area contributed by atoms with Crippen LogP contribution in [-0.2, 0) is 0 Å². The van der Waals surface area contributed by atoms with Gasteiger partial charge >= 0.3 is 5.97 Å². The second-order valence-electron chi connectivity index (χ2n) is 4.44. The summed E-state index contributed by atoms with van der Waals surface area (Å²) in [7, 11) is 0. The predicted octanol–water partition coefficient (Wildman–Crippen LogP) is 3.10. The molecule has 0 amide bonds. The van der Waals surface area contributed by atoms with Gasteiger partial charge in [0, 0.05) is 22.7 Å². The third-order valence-electron chi connectivity index (χ3n) is 2.58. The number of carboxylic acid groups (broad SMARTS) is 1. The average molecular weight is 277 g/mol. The predicted molar refractivity (Wildman–Crippen MR) is 75.4 cm³/mol. The number of hydrogen-bond donors (Lipinski definition) is 1. The largest absolute Gasteiger partial charge is 0.476 e. The highest BCUT2D eigenvalue weighted by Gasteiger charge is 2.12. The molecule has 0 spiro atoms. The molecular weight excluding hydrogens is 262 g/mol. The van der Waals surface area contributed by atoms with Crippen LogP contribution in [0, 0.1) is 6.92 Å². The zero-order valence-corrected chi connectivity index (χ0v) is 11.8. The summed E-state index contributed by atoms with van der Waals surface area (Å²) in [4.78, 5) is 15.7. The van der Waals surface area contributed by atoms with Crippen LogP contribution >= 0.6 is 11.3 Å². The Morgan fingerprint density at radius 3 is 2.74 bits per heavy atom. The fraction of sp³-hybridized carbons (Fsp3) is 0.308. The van der Waals surface area contributed by atoms with Crippen LogP contribution in [0.25, 0.3) is 12.2 Å². The fourth-order valence-corrected chi connectivity index (χ4v) is 2.39. The van der Waals surface area contributed by atoms with Crippen molar-refractivity contribution in [2.75, 3.05) is 0 Å². The first-order valence-electron chi connectivity index (χ1n) is 5.90. The third-order valence-corrected chi connectivity index (χ3v) is 3.52. The summed E-state index contributed by atoms with van der Waals surface area (Å²) in [6.45, 7) is 5.88. The Morgan fingerprint density at radius 1 is 1.47 bits per heavy atom. The van der Waals surface area contributed by atoms with Crippen LogP contribution in [0.5, 0.6) is 0 Å². The van der Waals surface area contributed by atoms with E-state index in [4.69, 9.17) is 5.11 Å². The number of carboxylic acids is 1. The van der Waals surface area contributed by atoms with Crippen molar-refractivity contribution in [2.45, 2.75) is 26.8 Å². The molecule has 0 unspecified atom stereocenters. The van der Waals surface area contributed by atoms with Crippen LogP contribution in [0.3, 0.4) is 0 Å². The number of aryl methyl sites for hydroxylation is 1. The van der Waals surface area contributed by atoms with Gasteiger partial charge in [-0.3, -0.25) is 4.68 Å². The van der Waals surface area contributed by atoms with E-state index in [9.17, 15) is 4.79 Å². The Hall–Kier alpha value is -1.95. The summed E-state index contributed by atoms with van der Waals surface area (Å²) in [5.74, 6) is -0.985. The molecular formula is C13H15N3O2S. The minimum atomic E-state index is -0.985. The summed E-state index contributed by atoms with van der Waals surface area (Å²) in [6, 6.07) is 0.322. The summed E-state index contributed by atoms with van der Waals surface area (Å²) < 4.78 is 1.87. The molecule has 6 heteroatoms. The average Bonchev–Trinajstić information content (AvgIpc) is 2.92. The van der Waals surface area contributed by atoms with Crippen LogP contribution in [0.1, 0.15) is 45.8 Å². The van der Waals surface area contributed by atoms with Crippen molar-refractivity contribution in [2.24, 2.45) is 0 Å². The first kappa shape index (κ1) is 13.5. The maximum atomic E-state index is 10.9. The molecule has 0 aliphatic carbocycles. The van der Waals surface area contributed by atoms with Gasteiger partial charge in [-0.25, -0.2) is 9.78 Å². The molecule has 0 aliphatic rings. The lowest BCUT2D eigenvalue weighted by Gasteiger charge is -2.02. The van der Waals surface area contributed by atoms with Crippen LogP contribution in [0.4, 0.5) is 0 Å². The molecule has 0 aliphatic heterocycles. The Morgan fingerprint density at radius 2 is 2.21 bits per heavy atom. The fourth-order valence-electron chi connectivity index (χ4n) is 1.58. The molecule has 0 saturated carbocycles. The lowest BCUT2D eigenvalue weighted by Crippen LogP contribution is -1.99. The van der Waals surface area contributed by atoms with Gasteiger partial charge in [0.05, 0.1) is 6.20 Å². The van der Waals surface area contributed by atoms with E-state index in [2.05, 4.69) is 23.9 Å². The second-order valence-corrected chi connectivity index (χ2v) is 5.68. The monoisotopic (exact) mass is 277 g/mol. The van der Waals surface area contributed by atoms with Gasteiger partial charge in [0.2, 0.25) is 0 Å². The minimum Gasteiger partial charge on any atom is -0.476 e. The molecule has 19 heavy (non-hydrogen) atoms. The van der Waals surface area contributed by atoms with E-state index in [1.54, 1.807) is 13.1 Å². The number of carbonyl (C=O) groups is 1. The van der Waals surface area contributed by atoms with Gasteiger partial charge in [-0.15, -0.1) is 11.3 Å². The zero-order chi connectivity index (χ0) is 14.0. The van der Waals surface area contributed by atoms with E-state index >= 15 is 0 Å². The topological polar surface area (TPSA) is 68.0 Å². The molecule has 2 rings (SSSR count). The van der Waals surface area contributed by atoms with E-state index in [-0.39, 0.29) is 5.69 Å². The molecule has 0 saturated heterocycles. The highest BCUT2D eigenvalue weighted by atomic mass is 32.1. The molecule has 0 aromatic carbocycles. The second kappa shape index (κ2) is 5.36. The number of rotatable bonds is 4. The quantitative estimate of drug-likeness (QED) is 0.932. The number of nitrogens with zero attached hydrogens (tertiary/aromatic N) is 3. The molecule has 2 aromatic heterocycles. The molecule has 5 nitrogen and oxygen atoms in total. The van der Waals surface area contributed by atoms with Crippen molar-refractivity contribution in [3.63, 3.8) is 0 Å². The van der Waals surface area contributed by atoms with Gasteiger partial charge in [-0.2, -0.15) is 5.10 Å². The Bertz CT molecular complexity index is 626. The standard InChI is InChI=1S/C13H15N3O2S/c1-8(2)16-7-10(6-14-16)4-5-11-15-12(13(17)18)9(3)19-11/h4-8H,1-3H3,(H,17,18). The maximum Gasteiger partial charge on any atom is 0.355 e. The normalized spacial score (nSPS) is 11.6. The number of aromatic carboxylic acids is 1. The first-order chi connectivity index (χ1) is 8.97. The third kappa shape index (κ3) is 3.08. The SMILES string of the molecule is Cc1sc(C=Cc2cnn(C(C)C)c2)nc1C(=O)O. The highest BCUT2D eigenvalue weighted by molar-refractivity contribution is 7.12. The zero-order valence-electron chi connectivity index (χ0n) is 11.0. The molecule has 100 valence electrons. The molecule has 2 aromatic rings. The van der Waals surface area contributed by atoms with Gasteiger partial charge in [-0.05, 0) is 32.9 Å². The molecule has 0 radical (unpaired) electrons. The molecule has 0 atom stereocenters. The van der Waals surface area contributed by atoms with Crippen LogP contribution in [0.2, 0.25) is 0 Å². The summed E-state index contributed by atoms with van der Waals surface area (Å²) >= 11 is 1.37. The van der Waals surface area contributed by atoms with Gasteiger partial charge in [0.15, 0.2) is 5.69 Å². The Balaban J connectivity index is 2.17. The number of aromatic nitrogens is 3. The van der Waals surface area contributed by atoms with E-state index in [0.29, 0.717) is 15.9 Å². The molecule has 0 bridgehead atoms. The van der Waals surface area contributed by atoms with Gasteiger partial charge in [0.1, 0.15) is 5.01 Å². The summed E-state index contributed by atoms with van der Waals surface area (Å²) in [5.41, 5.74) is 1.10. The number of hydrogen-bond acceptors (Lipinski definition) is 4.